The Morgan fingerprint density at radius 1 is 1.14 bits per heavy atom. The van der Waals surface area contributed by atoms with E-state index in [1.54, 1.807) is 13.8 Å². The van der Waals surface area contributed by atoms with Gasteiger partial charge in [0.05, 0.1) is 5.60 Å². The third-order valence-corrected chi connectivity index (χ3v) is 1.62. The van der Waals surface area contributed by atoms with Crippen LogP contribution in [0.1, 0.15) is 33.1 Å². The summed E-state index contributed by atoms with van der Waals surface area (Å²) in [7, 11) is 0. The van der Waals surface area contributed by atoms with Crippen molar-refractivity contribution in [2.75, 3.05) is 13.1 Å². The first kappa shape index (κ1) is 13.7. The molecule has 0 radical (unpaired) electrons. The number of nitrogens with one attached hydrogen (secondary N) is 1. The summed E-state index contributed by atoms with van der Waals surface area (Å²) in [6, 6.07) is 0. The molecule has 0 aromatic heterocycles. The van der Waals surface area contributed by atoms with Gasteiger partial charge in [-0.3, -0.25) is 0 Å². The zero-order chi connectivity index (χ0) is 11.2. The molecular formula is C9H18F3NO. The van der Waals surface area contributed by atoms with Crippen LogP contribution >= 0.6 is 0 Å². The van der Waals surface area contributed by atoms with Crippen molar-refractivity contribution in [1.82, 2.24) is 5.32 Å². The van der Waals surface area contributed by atoms with E-state index in [2.05, 4.69) is 5.32 Å². The first-order chi connectivity index (χ1) is 6.21. The minimum absolute atomic E-state index is 0.141. The van der Waals surface area contributed by atoms with E-state index in [4.69, 9.17) is 0 Å². The molecule has 0 aromatic carbocycles. The standard InChI is InChI=1S/C9H18F3NO/c1-8(2,14)7-13-6-4-3-5-9(10,11)12/h13-14H,3-7H2,1-2H3. The number of alkyl halides is 3. The van der Waals surface area contributed by atoms with Crippen molar-refractivity contribution in [3.8, 4) is 0 Å². The number of rotatable bonds is 6. The van der Waals surface area contributed by atoms with Crippen molar-refractivity contribution in [1.29, 1.82) is 0 Å². The second-order valence-corrected chi connectivity index (χ2v) is 4.06. The minimum Gasteiger partial charge on any atom is -0.389 e. The molecule has 2 nitrogen and oxygen atoms in total. The maximum Gasteiger partial charge on any atom is 0.389 e. The van der Waals surface area contributed by atoms with E-state index in [1.807, 2.05) is 0 Å². The molecule has 14 heavy (non-hydrogen) atoms. The number of aliphatic hydroxyl groups is 1. The average molecular weight is 213 g/mol. The fourth-order valence-electron chi connectivity index (χ4n) is 0.970. The highest BCUT2D eigenvalue weighted by Gasteiger charge is 2.25. The Bertz CT molecular complexity index is 133. The van der Waals surface area contributed by atoms with Crippen LogP contribution in [-0.4, -0.2) is 30.0 Å². The molecule has 0 aliphatic heterocycles. The van der Waals surface area contributed by atoms with Crippen LogP contribution in [0.4, 0.5) is 13.2 Å². The lowest BCUT2D eigenvalue weighted by Crippen LogP contribution is -2.35. The van der Waals surface area contributed by atoms with Crippen molar-refractivity contribution in [3.63, 3.8) is 0 Å². The topological polar surface area (TPSA) is 32.3 Å². The lowest BCUT2D eigenvalue weighted by molar-refractivity contribution is -0.135. The molecular weight excluding hydrogens is 195 g/mol. The van der Waals surface area contributed by atoms with E-state index in [0.29, 0.717) is 19.5 Å². The summed E-state index contributed by atoms with van der Waals surface area (Å²) < 4.78 is 35.1. The van der Waals surface area contributed by atoms with E-state index in [0.717, 1.165) is 0 Å². The first-order valence-electron chi connectivity index (χ1n) is 4.70. The Kier molecular flexibility index (Phi) is 5.44. The SMILES string of the molecule is CC(C)(O)CNCCCCC(F)(F)F. The second kappa shape index (κ2) is 5.56. The van der Waals surface area contributed by atoms with E-state index in [-0.39, 0.29) is 6.42 Å². The van der Waals surface area contributed by atoms with Crippen molar-refractivity contribution >= 4 is 0 Å². The van der Waals surface area contributed by atoms with Crippen molar-refractivity contribution < 1.29 is 18.3 Å². The zero-order valence-electron chi connectivity index (χ0n) is 8.62. The fraction of sp³-hybridized carbons (Fsp3) is 1.00. The van der Waals surface area contributed by atoms with Crippen LogP contribution in [-0.2, 0) is 0 Å². The molecule has 0 bridgehead atoms. The molecule has 0 aliphatic carbocycles. The molecule has 2 N–H and O–H groups in total. The Hall–Kier alpha value is -0.290. The predicted octanol–water partition coefficient (Wildman–Crippen LogP) is 2.08. The van der Waals surface area contributed by atoms with Gasteiger partial charge in [0.1, 0.15) is 0 Å². The molecule has 0 amide bonds. The number of hydrogen-bond donors (Lipinski definition) is 2. The molecule has 5 heteroatoms. The first-order valence-corrected chi connectivity index (χ1v) is 4.70. The van der Waals surface area contributed by atoms with Crippen molar-refractivity contribution in [2.45, 2.75) is 44.9 Å². The van der Waals surface area contributed by atoms with Crippen LogP contribution in [0.2, 0.25) is 0 Å². The van der Waals surface area contributed by atoms with Crippen LogP contribution in [0.15, 0.2) is 0 Å². The Morgan fingerprint density at radius 2 is 1.71 bits per heavy atom. The Balaban J connectivity index is 3.23. The Morgan fingerprint density at radius 3 is 2.14 bits per heavy atom. The van der Waals surface area contributed by atoms with Crippen LogP contribution in [0, 0.1) is 0 Å². The summed E-state index contributed by atoms with van der Waals surface area (Å²) in [5, 5.41) is 12.2. The normalized spacial score (nSPS) is 13.3. The van der Waals surface area contributed by atoms with Gasteiger partial charge in [-0.1, -0.05) is 0 Å². The van der Waals surface area contributed by atoms with Gasteiger partial charge in [-0.25, -0.2) is 0 Å². The molecule has 0 atom stereocenters. The summed E-state index contributed by atoms with van der Waals surface area (Å²) >= 11 is 0. The fourth-order valence-corrected chi connectivity index (χ4v) is 0.970. The van der Waals surface area contributed by atoms with Crippen molar-refractivity contribution in [3.05, 3.63) is 0 Å². The number of unbranched alkanes of at least 4 members (excludes halogenated alkanes) is 1. The smallest absolute Gasteiger partial charge is 0.389 e. The van der Waals surface area contributed by atoms with Gasteiger partial charge in [0.15, 0.2) is 0 Å². The molecule has 0 rings (SSSR count). The molecule has 86 valence electrons. The Labute approximate surface area is 82.5 Å². The predicted molar refractivity (Wildman–Crippen MR) is 49.1 cm³/mol. The van der Waals surface area contributed by atoms with Gasteiger partial charge in [0, 0.05) is 13.0 Å². The molecule has 0 unspecified atom stereocenters. The molecule has 0 heterocycles. The van der Waals surface area contributed by atoms with Gasteiger partial charge in [0.2, 0.25) is 0 Å². The van der Waals surface area contributed by atoms with Gasteiger partial charge < -0.3 is 10.4 Å². The average Bonchev–Trinajstić information content (AvgIpc) is 1.92. The lowest BCUT2D eigenvalue weighted by atomic mass is 10.1. The van der Waals surface area contributed by atoms with E-state index >= 15 is 0 Å². The van der Waals surface area contributed by atoms with E-state index in [1.165, 1.54) is 0 Å². The third kappa shape index (κ3) is 11.7. The molecule has 0 saturated heterocycles. The third-order valence-electron chi connectivity index (χ3n) is 1.62. The lowest BCUT2D eigenvalue weighted by Gasteiger charge is -2.17. The number of halogens is 3. The zero-order valence-corrected chi connectivity index (χ0v) is 8.62. The molecule has 0 aliphatic rings. The second-order valence-electron chi connectivity index (χ2n) is 4.06. The number of hydrogen-bond acceptors (Lipinski definition) is 2. The highest BCUT2D eigenvalue weighted by Crippen LogP contribution is 2.21. The molecule has 0 fully saturated rings. The van der Waals surface area contributed by atoms with E-state index in [9.17, 15) is 18.3 Å². The van der Waals surface area contributed by atoms with Crippen LogP contribution in [0.25, 0.3) is 0 Å². The van der Waals surface area contributed by atoms with Crippen molar-refractivity contribution in [2.24, 2.45) is 0 Å². The summed E-state index contributed by atoms with van der Waals surface area (Å²) in [6.45, 7) is 4.21. The molecule has 0 aromatic rings. The van der Waals surface area contributed by atoms with Gasteiger partial charge in [-0.15, -0.1) is 0 Å². The van der Waals surface area contributed by atoms with Gasteiger partial charge in [-0.2, -0.15) is 13.2 Å². The molecule has 0 spiro atoms. The van der Waals surface area contributed by atoms with Crippen LogP contribution < -0.4 is 5.32 Å². The van der Waals surface area contributed by atoms with Gasteiger partial charge in [-0.05, 0) is 33.2 Å². The largest absolute Gasteiger partial charge is 0.389 e. The monoisotopic (exact) mass is 213 g/mol. The van der Waals surface area contributed by atoms with Crippen LogP contribution in [0.3, 0.4) is 0 Å². The summed E-state index contributed by atoms with van der Waals surface area (Å²) in [5.41, 5.74) is -0.802. The summed E-state index contributed by atoms with van der Waals surface area (Å²) in [4.78, 5) is 0. The van der Waals surface area contributed by atoms with Gasteiger partial charge in [0.25, 0.3) is 0 Å². The summed E-state index contributed by atoms with van der Waals surface area (Å²) in [5.74, 6) is 0. The van der Waals surface area contributed by atoms with E-state index < -0.39 is 18.2 Å². The molecule has 0 saturated carbocycles. The highest BCUT2D eigenvalue weighted by atomic mass is 19.4. The maximum atomic E-state index is 11.7. The maximum absolute atomic E-state index is 11.7. The minimum atomic E-state index is -4.05. The summed E-state index contributed by atoms with van der Waals surface area (Å²) in [6.07, 6.45) is -4.15. The van der Waals surface area contributed by atoms with Crippen LogP contribution in [0.5, 0.6) is 0 Å². The quantitative estimate of drug-likeness (QED) is 0.662. The van der Waals surface area contributed by atoms with Gasteiger partial charge >= 0.3 is 6.18 Å². The highest BCUT2D eigenvalue weighted by molar-refractivity contribution is 4.68.